The first-order valence-corrected chi connectivity index (χ1v) is 5.94. The van der Waals surface area contributed by atoms with Crippen molar-refractivity contribution in [2.24, 2.45) is 9.98 Å². The SMILES string of the molecule is C=N/C=C(\C=NC)c1cncc(-c2ccccc2)c1. The van der Waals surface area contributed by atoms with Gasteiger partial charge in [-0.3, -0.25) is 15.0 Å². The summed E-state index contributed by atoms with van der Waals surface area (Å²) in [5.41, 5.74) is 4.07. The van der Waals surface area contributed by atoms with Crippen LogP contribution in [0.5, 0.6) is 0 Å². The number of pyridine rings is 1. The number of hydrogen-bond donors (Lipinski definition) is 0. The summed E-state index contributed by atoms with van der Waals surface area (Å²) in [5, 5.41) is 0. The van der Waals surface area contributed by atoms with Crippen molar-refractivity contribution in [2.75, 3.05) is 7.05 Å². The van der Waals surface area contributed by atoms with Gasteiger partial charge in [0.25, 0.3) is 0 Å². The van der Waals surface area contributed by atoms with E-state index in [9.17, 15) is 0 Å². The highest BCUT2D eigenvalue weighted by Gasteiger charge is 2.02. The molecule has 1 aromatic heterocycles. The maximum absolute atomic E-state index is 4.28. The highest BCUT2D eigenvalue weighted by molar-refractivity contribution is 6.09. The second-order valence-corrected chi connectivity index (χ2v) is 3.98. The number of allylic oxidation sites excluding steroid dienone is 1. The van der Waals surface area contributed by atoms with E-state index in [0.29, 0.717) is 0 Å². The summed E-state index contributed by atoms with van der Waals surface area (Å²) in [6.07, 6.45) is 7.07. The molecule has 1 heterocycles. The van der Waals surface area contributed by atoms with Crippen LogP contribution in [0, 0.1) is 0 Å². The standard InChI is InChI=1S/C16H15N3/c1-17-9-16(10-18-2)15-8-14(11-19-12-15)13-6-4-3-5-7-13/h3-12H,1H2,2H3/b16-9+,18-10?. The van der Waals surface area contributed by atoms with Crippen molar-refractivity contribution in [2.45, 2.75) is 0 Å². The first-order chi connectivity index (χ1) is 9.35. The van der Waals surface area contributed by atoms with E-state index in [1.165, 1.54) is 0 Å². The monoisotopic (exact) mass is 249 g/mol. The van der Waals surface area contributed by atoms with Gasteiger partial charge >= 0.3 is 0 Å². The maximum Gasteiger partial charge on any atom is 0.0355 e. The average Bonchev–Trinajstić information content (AvgIpc) is 2.48. The fourth-order valence-electron chi connectivity index (χ4n) is 1.81. The molecule has 0 atom stereocenters. The van der Waals surface area contributed by atoms with E-state index in [0.717, 1.165) is 22.3 Å². The molecule has 3 heteroatoms. The van der Waals surface area contributed by atoms with Gasteiger partial charge in [0, 0.05) is 48.6 Å². The molecule has 0 saturated carbocycles. The first-order valence-electron chi connectivity index (χ1n) is 5.94. The molecule has 0 N–H and O–H groups in total. The van der Waals surface area contributed by atoms with Crippen LogP contribution in [0.25, 0.3) is 16.7 Å². The summed E-state index contributed by atoms with van der Waals surface area (Å²) in [6, 6.07) is 12.2. The van der Waals surface area contributed by atoms with E-state index < -0.39 is 0 Å². The van der Waals surface area contributed by atoms with E-state index in [-0.39, 0.29) is 0 Å². The van der Waals surface area contributed by atoms with Gasteiger partial charge in [-0.25, -0.2) is 0 Å². The van der Waals surface area contributed by atoms with Crippen LogP contribution in [0.2, 0.25) is 0 Å². The second kappa shape index (κ2) is 6.40. The van der Waals surface area contributed by atoms with Crippen LogP contribution in [0.3, 0.4) is 0 Å². The molecule has 0 aliphatic heterocycles. The molecule has 0 unspecified atom stereocenters. The summed E-state index contributed by atoms with van der Waals surface area (Å²) in [5.74, 6) is 0. The quantitative estimate of drug-likeness (QED) is 0.764. The van der Waals surface area contributed by atoms with Gasteiger partial charge in [0.1, 0.15) is 0 Å². The molecule has 0 aliphatic carbocycles. The summed E-state index contributed by atoms with van der Waals surface area (Å²) < 4.78 is 0. The van der Waals surface area contributed by atoms with E-state index in [1.807, 2.05) is 24.4 Å². The summed E-state index contributed by atoms with van der Waals surface area (Å²) in [4.78, 5) is 12.1. The van der Waals surface area contributed by atoms with Gasteiger partial charge in [-0.1, -0.05) is 30.3 Å². The average molecular weight is 249 g/mol. The second-order valence-electron chi connectivity index (χ2n) is 3.98. The molecule has 0 aliphatic rings. The van der Waals surface area contributed by atoms with Crippen LogP contribution in [-0.4, -0.2) is 25.0 Å². The minimum absolute atomic E-state index is 0.891. The van der Waals surface area contributed by atoms with Gasteiger partial charge < -0.3 is 0 Å². The Kier molecular flexibility index (Phi) is 4.34. The molecule has 0 fully saturated rings. The van der Waals surface area contributed by atoms with Crippen LogP contribution < -0.4 is 0 Å². The Bertz CT molecular complexity index is 613. The zero-order valence-corrected chi connectivity index (χ0v) is 10.8. The largest absolute Gasteiger partial charge is 0.296 e. The number of aromatic nitrogens is 1. The number of aliphatic imine (C=N–C) groups is 2. The Labute approximate surface area is 113 Å². The minimum atomic E-state index is 0.891. The maximum atomic E-state index is 4.28. The van der Waals surface area contributed by atoms with E-state index >= 15 is 0 Å². The number of rotatable bonds is 4. The van der Waals surface area contributed by atoms with Crippen LogP contribution in [-0.2, 0) is 0 Å². The predicted molar refractivity (Wildman–Crippen MR) is 81.6 cm³/mol. The Balaban J connectivity index is 2.44. The molecule has 2 aromatic rings. The van der Waals surface area contributed by atoms with Gasteiger partial charge in [-0.2, -0.15) is 0 Å². The van der Waals surface area contributed by atoms with Crippen molar-refractivity contribution in [3.05, 3.63) is 60.6 Å². The number of hydrogen-bond acceptors (Lipinski definition) is 3. The Hall–Kier alpha value is -2.55. The third-order valence-corrected chi connectivity index (χ3v) is 2.68. The summed E-state index contributed by atoms with van der Waals surface area (Å²) in [6.45, 7) is 3.48. The van der Waals surface area contributed by atoms with Gasteiger partial charge in [-0.15, -0.1) is 0 Å². The van der Waals surface area contributed by atoms with E-state index in [4.69, 9.17) is 0 Å². The van der Waals surface area contributed by atoms with Gasteiger partial charge in [0.05, 0.1) is 0 Å². The third kappa shape index (κ3) is 3.22. The minimum Gasteiger partial charge on any atom is -0.296 e. The van der Waals surface area contributed by atoms with Crippen LogP contribution in [0.1, 0.15) is 5.56 Å². The van der Waals surface area contributed by atoms with E-state index in [1.54, 1.807) is 25.7 Å². The zero-order valence-electron chi connectivity index (χ0n) is 10.8. The van der Waals surface area contributed by atoms with Crippen LogP contribution in [0.4, 0.5) is 0 Å². The molecule has 2 rings (SSSR count). The summed E-state index contributed by atoms with van der Waals surface area (Å²) >= 11 is 0. The van der Waals surface area contributed by atoms with Gasteiger partial charge in [0.15, 0.2) is 0 Å². The zero-order chi connectivity index (χ0) is 13.5. The Morgan fingerprint density at radius 1 is 1.16 bits per heavy atom. The van der Waals surface area contributed by atoms with Gasteiger partial charge in [-0.05, 0) is 18.3 Å². The van der Waals surface area contributed by atoms with Crippen molar-refractivity contribution >= 4 is 18.5 Å². The molecule has 0 spiro atoms. The van der Waals surface area contributed by atoms with E-state index in [2.05, 4.69) is 39.9 Å². The van der Waals surface area contributed by atoms with Crippen molar-refractivity contribution in [3.63, 3.8) is 0 Å². The lowest BCUT2D eigenvalue weighted by Crippen LogP contribution is -1.89. The highest BCUT2D eigenvalue weighted by atomic mass is 14.7. The topological polar surface area (TPSA) is 37.6 Å². The lowest BCUT2D eigenvalue weighted by atomic mass is 10.0. The predicted octanol–water partition coefficient (Wildman–Crippen LogP) is 3.49. The lowest BCUT2D eigenvalue weighted by molar-refractivity contribution is 1.31. The number of nitrogens with zero attached hydrogens (tertiary/aromatic N) is 3. The number of benzene rings is 1. The molecular formula is C16H15N3. The van der Waals surface area contributed by atoms with Crippen molar-refractivity contribution < 1.29 is 0 Å². The summed E-state index contributed by atoms with van der Waals surface area (Å²) in [7, 11) is 1.73. The molecule has 1 aromatic carbocycles. The third-order valence-electron chi connectivity index (χ3n) is 2.68. The van der Waals surface area contributed by atoms with Crippen LogP contribution >= 0.6 is 0 Å². The van der Waals surface area contributed by atoms with Crippen molar-refractivity contribution in [1.29, 1.82) is 0 Å². The fraction of sp³-hybridized carbons (Fsp3) is 0.0625. The van der Waals surface area contributed by atoms with Crippen LogP contribution in [0.15, 0.2) is 65.0 Å². The lowest BCUT2D eigenvalue weighted by Gasteiger charge is -2.05. The Morgan fingerprint density at radius 2 is 1.95 bits per heavy atom. The fourth-order valence-corrected chi connectivity index (χ4v) is 1.81. The highest BCUT2D eigenvalue weighted by Crippen LogP contribution is 2.21. The molecule has 0 bridgehead atoms. The normalized spacial score (nSPS) is 11.7. The molecular weight excluding hydrogens is 234 g/mol. The molecule has 0 amide bonds. The first kappa shape index (κ1) is 12.9. The molecule has 3 nitrogen and oxygen atoms in total. The molecule has 0 saturated heterocycles. The molecule has 0 radical (unpaired) electrons. The molecule has 19 heavy (non-hydrogen) atoms. The smallest absolute Gasteiger partial charge is 0.0355 e. The molecule has 94 valence electrons. The van der Waals surface area contributed by atoms with Crippen molar-refractivity contribution in [1.82, 2.24) is 4.98 Å². The van der Waals surface area contributed by atoms with Gasteiger partial charge in [0.2, 0.25) is 0 Å². The Morgan fingerprint density at radius 3 is 2.63 bits per heavy atom. The van der Waals surface area contributed by atoms with Crippen molar-refractivity contribution in [3.8, 4) is 11.1 Å².